The van der Waals surface area contributed by atoms with Gasteiger partial charge in [-0.15, -0.1) is 0 Å². The second-order valence-corrected chi connectivity index (χ2v) is 8.46. The summed E-state index contributed by atoms with van der Waals surface area (Å²) in [5, 5.41) is 0. The van der Waals surface area contributed by atoms with Gasteiger partial charge in [0.2, 0.25) is 0 Å². The van der Waals surface area contributed by atoms with E-state index in [1.807, 2.05) is 6.92 Å². The minimum atomic E-state index is -3.85. The predicted octanol–water partition coefficient (Wildman–Crippen LogP) is 3.37. The first kappa shape index (κ1) is 18.0. The summed E-state index contributed by atoms with van der Waals surface area (Å²) in [7, 11) is -3.85. The van der Waals surface area contributed by atoms with Crippen molar-refractivity contribution in [3.63, 3.8) is 0 Å². The third-order valence-electron chi connectivity index (χ3n) is 4.89. The van der Waals surface area contributed by atoms with Crippen LogP contribution in [0.4, 0.5) is 0 Å². The quantitative estimate of drug-likeness (QED) is 0.577. The molecule has 0 saturated heterocycles. The Hall–Kier alpha value is -2.38. The fraction of sp³-hybridized carbons (Fsp3) is 0.350. The molecule has 0 radical (unpaired) electrons. The molecule has 0 amide bonds. The van der Waals surface area contributed by atoms with Gasteiger partial charge in [-0.3, -0.25) is 4.18 Å². The molecule has 4 rings (SSSR count). The van der Waals surface area contributed by atoms with Crippen LogP contribution in [0.5, 0.6) is 5.75 Å². The summed E-state index contributed by atoms with van der Waals surface area (Å²) < 4.78 is 41.6. The second-order valence-electron chi connectivity index (χ2n) is 6.88. The van der Waals surface area contributed by atoms with Crippen molar-refractivity contribution < 1.29 is 26.9 Å². The minimum Gasteiger partial charge on any atom is -0.488 e. The summed E-state index contributed by atoms with van der Waals surface area (Å²) in [5.41, 5.74) is 2.30. The van der Waals surface area contributed by atoms with Crippen molar-refractivity contribution in [3.8, 4) is 5.75 Å². The molecular weight excluding hydrogens is 368 g/mol. The third kappa shape index (κ3) is 3.70. The molecule has 0 unspecified atom stereocenters. The molecule has 0 N–H and O–H groups in total. The molecular formula is C20H20O6S. The number of hydrogen-bond acceptors (Lipinski definition) is 6. The fourth-order valence-electron chi connectivity index (χ4n) is 3.42. The molecule has 7 heteroatoms. The van der Waals surface area contributed by atoms with Crippen LogP contribution in [0.15, 0.2) is 47.4 Å². The molecule has 0 spiro atoms. The number of rotatable bonds is 5. The normalized spacial score (nSPS) is 21.7. The maximum atomic E-state index is 12.6. The summed E-state index contributed by atoms with van der Waals surface area (Å²) in [6.45, 7) is 2.13. The van der Waals surface area contributed by atoms with Gasteiger partial charge >= 0.3 is 5.97 Å². The van der Waals surface area contributed by atoms with Crippen molar-refractivity contribution >= 4 is 16.1 Å². The number of carbonyl (C=O) groups is 1. The second kappa shape index (κ2) is 6.98. The van der Waals surface area contributed by atoms with Crippen LogP contribution in [0.25, 0.3) is 0 Å². The Kier molecular flexibility index (Phi) is 4.65. The summed E-state index contributed by atoms with van der Waals surface area (Å²) in [4.78, 5) is 11.7. The minimum absolute atomic E-state index is 0.145. The van der Waals surface area contributed by atoms with E-state index in [0.717, 1.165) is 17.5 Å². The molecule has 0 aromatic heterocycles. The van der Waals surface area contributed by atoms with Crippen LogP contribution in [0.1, 0.15) is 40.7 Å². The molecule has 1 aliphatic heterocycles. The topological polar surface area (TPSA) is 78.9 Å². The SMILES string of the molecule is Cc1ccc(S(=O)(=O)O[C@@H]2CCC[C@@H]2Oc2ccc3c(c2)COC3=O)cc1. The Morgan fingerprint density at radius 2 is 1.78 bits per heavy atom. The monoisotopic (exact) mass is 388 g/mol. The molecule has 2 aromatic rings. The Balaban J connectivity index is 1.48. The zero-order valence-corrected chi connectivity index (χ0v) is 15.7. The van der Waals surface area contributed by atoms with Crippen LogP contribution in [-0.4, -0.2) is 26.6 Å². The van der Waals surface area contributed by atoms with E-state index in [9.17, 15) is 13.2 Å². The first-order valence-corrected chi connectivity index (χ1v) is 10.3. The van der Waals surface area contributed by atoms with Crippen LogP contribution in [-0.2, 0) is 25.6 Å². The molecule has 0 bridgehead atoms. The maximum absolute atomic E-state index is 12.6. The standard InChI is InChI=1S/C20H20O6S/c1-13-5-8-16(9-6-13)27(22,23)26-19-4-2-3-18(19)25-15-7-10-17-14(11-15)12-24-20(17)21/h5-11,18-19H,2-4,12H2,1H3/t18-,19+/m0/s1. The van der Waals surface area contributed by atoms with Gasteiger partial charge in [0, 0.05) is 5.56 Å². The summed E-state index contributed by atoms with van der Waals surface area (Å²) in [6, 6.07) is 11.7. The first-order valence-electron chi connectivity index (χ1n) is 8.89. The molecule has 2 atom stereocenters. The van der Waals surface area contributed by atoms with Gasteiger partial charge in [0.15, 0.2) is 0 Å². The molecule has 2 aromatic carbocycles. The van der Waals surface area contributed by atoms with E-state index in [2.05, 4.69) is 0 Å². The van der Waals surface area contributed by atoms with Crippen molar-refractivity contribution in [1.82, 2.24) is 0 Å². The van der Waals surface area contributed by atoms with E-state index >= 15 is 0 Å². The Labute approximate surface area is 158 Å². The molecule has 2 aliphatic rings. The smallest absolute Gasteiger partial charge is 0.338 e. The molecule has 1 saturated carbocycles. The van der Waals surface area contributed by atoms with Gasteiger partial charge in [0.1, 0.15) is 24.6 Å². The van der Waals surface area contributed by atoms with Crippen LogP contribution < -0.4 is 4.74 Å². The van der Waals surface area contributed by atoms with E-state index < -0.39 is 16.2 Å². The highest BCUT2D eigenvalue weighted by Crippen LogP contribution is 2.31. The van der Waals surface area contributed by atoms with E-state index in [1.54, 1.807) is 42.5 Å². The fourth-order valence-corrected chi connectivity index (χ4v) is 4.54. The lowest BCUT2D eigenvalue weighted by atomic mass is 10.1. The van der Waals surface area contributed by atoms with Crippen molar-refractivity contribution in [2.75, 3.05) is 0 Å². The van der Waals surface area contributed by atoms with Crippen LogP contribution >= 0.6 is 0 Å². The summed E-state index contributed by atoms with van der Waals surface area (Å²) in [6.07, 6.45) is 1.25. The number of carbonyl (C=O) groups excluding carboxylic acids is 1. The van der Waals surface area contributed by atoms with Gasteiger partial charge in [-0.1, -0.05) is 17.7 Å². The summed E-state index contributed by atoms with van der Waals surface area (Å²) >= 11 is 0. The van der Waals surface area contributed by atoms with Gasteiger partial charge in [-0.25, -0.2) is 4.79 Å². The van der Waals surface area contributed by atoms with E-state index in [0.29, 0.717) is 24.2 Å². The lowest BCUT2D eigenvalue weighted by Gasteiger charge is -2.21. The van der Waals surface area contributed by atoms with Gasteiger partial charge in [-0.2, -0.15) is 8.42 Å². The van der Waals surface area contributed by atoms with Crippen LogP contribution in [0, 0.1) is 6.92 Å². The van der Waals surface area contributed by atoms with Crippen molar-refractivity contribution in [2.24, 2.45) is 0 Å². The van der Waals surface area contributed by atoms with E-state index in [4.69, 9.17) is 13.7 Å². The Morgan fingerprint density at radius 1 is 1.04 bits per heavy atom. The zero-order chi connectivity index (χ0) is 19.0. The Bertz CT molecular complexity index is 964. The maximum Gasteiger partial charge on any atom is 0.338 e. The highest BCUT2D eigenvalue weighted by atomic mass is 32.2. The average molecular weight is 388 g/mol. The predicted molar refractivity (Wildman–Crippen MR) is 97.1 cm³/mol. The van der Waals surface area contributed by atoms with E-state index in [-0.39, 0.29) is 23.6 Å². The van der Waals surface area contributed by atoms with Crippen LogP contribution in [0.3, 0.4) is 0 Å². The number of aryl methyl sites for hydroxylation is 1. The number of fused-ring (bicyclic) bond motifs is 1. The highest BCUT2D eigenvalue weighted by molar-refractivity contribution is 7.86. The van der Waals surface area contributed by atoms with Crippen molar-refractivity contribution in [3.05, 3.63) is 59.2 Å². The number of hydrogen-bond donors (Lipinski definition) is 0. The average Bonchev–Trinajstić information content (AvgIpc) is 3.22. The van der Waals surface area contributed by atoms with Gasteiger partial charge in [0.25, 0.3) is 10.1 Å². The highest BCUT2D eigenvalue weighted by Gasteiger charge is 2.35. The molecule has 27 heavy (non-hydrogen) atoms. The number of esters is 1. The van der Waals surface area contributed by atoms with Gasteiger partial charge in [0.05, 0.1) is 10.5 Å². The van der Waals surface area contributed by atoms with Gasteiger partial charge < -0.3 is 9.47 Å². The first-order chi connectivity index (χ1) is 12.9. The lowest BCUT2D eigenvalue weighted by molar-refractivity contribution is 0.0535. The Morgan fingerprint density at radius 3 is 2.56 bits per heavy atom. The van der Waals surface area contributed by atoms with Crippen molar-refractivity contribution in [1.29, 1.82) is 0 Å². The number of benzene rings is 2. The molecule has 142 valence electrons. The third-order valence-corrected chi connectivity index (χ3v) is 6.24. The molecule has 1 heterocycles. The number of cyclic esters (lactones) is 1. The van der Waals surface area contributed by atoms with Crippen LogP contribution in [0.2, 0.25) is 0 Å². The molecule has 1 aliphatic carbocycles. The number of ether oxygens (including phenoxy) is 2. The van der Waals surface area contributed by atoms with Gasteiger partial charge in [-0.05, 0) is 56.5 Å². The lowest BCUT2D eigenvalue weighted by Crippen LogP contribution is -2.31. The molecule has 1 fully saturated rings. The van der Waals surface area contributed by atoms with E-state index in [1.165, 1.54) is 0 Å². The zero-order valence-electron chi connectivity index (χ0n) is 14.9. The van der Waals surface area contributed by atoms with Crippen molar-refractivity contribution in [2.45, 2.75) is 49.9 Å². The molecule has 6 nitrogen and oxygen atoms in total. The summed E-state index contributed by atoms with van der Waals surface area (Å²) in [5.74, 6) is 0.253. The largest absolute Gasteiger partial charge is 0.488 e.